The minimum absolute atomic E-state index is 0.353. The summed E-state index contributed by atoms with van der Waals surface area (Å²) in [6.07, 6.45) is 2.48. The van der Waals surface area contributed by atoms with Crippen LogP contribution in [-0.2, 0) is 0 Å². The van der Waals surface area contributed by atoms with Crippen molar-refractivity contribution in [1.82, 2.24) is 9.97 Å². The van der Waals surface area contributed by atoms with Crippen molar-refractivity contribution in [3.05, 3.63) is 11.4 Å². The smallest absolute Gasteiger partial charge is 0.223 e. The van der Waals surface area contributed by atoms with Crippen molar-refractivity contribution in [2.45, 2.75) is 18.9 Å². The first-order valence-corrected chi connectivity index (χ1v) is 7.71. The Kier molecular flexibility index (Phi) is 3.07. The lowest BCUT2D eigenvalue weighted by molar-refractivity contribution is 0.683. The number of nitrogens with zero attached hydrogens (tertiary/aromatic N) is 2. The molecule has 90 valence electrons. The molecule has 0 radical (unpaired) electrons. The molecule has 0 bridgehead atoms. The van der Waals surface area contributed by atoms with Gasteiger partial charge in [-0.1, -0.05) is 0 Å². The molecule has 17 heavy (non-hydrogen) atoms. The van der Waals surface area contributed by atoms with Crippen LogP contribution in [0.25, 0.3) is 10.2 Å². The lowest BCUT2D eigenvalue weighted by atomic mass is 10.2. The van der Waals surface area contributed by atoms with Crippen LogP contribution in [-0.4, -0.2) is 27.5 Å². The van der Waals surface area contributed by atoms with E-state index in [4.69, 9.17) is 5.73 Å². The highest BCUT2D eigenvalue weighted by molar-refractivity contribution is 7.99. The van der Waals surface area contributed by atoms with Gasteiger partial charge in [0.25, 0.3) is 0 Å². The molecular weight excluding hydrogens is 252 g/mol. The summed E-state index contributed by atoms with van der Waals surface area (Å²) in [4.78, 5) is 9.51. The highest BCUT2D eigenvalue weighted by Gasteiger charge is 2.16. The van der Waals surface area contributed by atoms with Gasteiger partial charge in [0.15, 0.2) is 0 Å². The molecule has 6 heteroatoms. The van der Waals surface area contributed by atoms with Crippen molar-refractivity contribution >= 4 is 45.1 Å². The van der Waals surface area contributed by atoms with Gasteiger partial charge in [0.2, 0.25) is 5.95 Å². The predicted molar refractivity (Wildman–Crippen MR) is 75.8 cm³/mol. The molecule has 4 nitrogen and oxygen atoms in total. The molecule has 1 atom stereocenters. The molecule has 3 heterocycles. The van der Waals surface area contributed by atoms with Gasteiger partial charge < -0.3 is 11.1 Å². The lowest BCUT2D eigenvalue weighted by Crippen LogP contribution is -2.26. The Bertz CT molecular complexity index is 519. The molecule has 3 N–H and O–H groups in total. The Balaban J connectivity index is 1.90. The second kappa shape index (κ2) is 4.70. The quantitative estimate of drug-likeness (QED) is 0.874. The van der Waals surface area contributed by atoms with Crippen LogP contribution >= 0.6 is 23.1 Å². The molecule has 3 rings (SSSR count). The van der Waals surface area contributed by atoms with Gasteiger partial charge in [-0.05, 0) is 30.0 Å². The maximum Gasteiger partial charge on any atom is 0.223 e. The van der Waals surface area contributed by atoms with Gasteiger partial charge in [0.05, 0.1) is 5.39 Å². The Morgan fingerprint density at radius 3 is 3.18 bits per heavy atom. The Hall–Kier alpha value is -1.01. The summed E-state index contributed by atoms with van der Waals surface area (Å²) >= 11 is 3.60. The van der Waals surface area contributed by atoms with E-state index in [1.807, 2.05) is 17.1 Å². The fourth-order valence-corrected chi connectivity index (χ4v) is 3.87. The van der Waals surface area contributed by atoms with E-state index >= 15 is 0 Å². The summed E-state index contributed by atoms with van der Waals surface area (Å²) < 4.78 is 0. The molecule has 1 aliphatic rings. The van der Waals surface area contributed by atoms with E-state index < -0.39 is 0 Å². The van der Waals surface area contributed by atoms with Crippen LogP contribution in [0.2, 0.25) is 0 Å². The van der Waals surface area contributed by atoms with Crippen molar-refractivity contribution < 1.29 is 0 Å². The average Bonchev–Trinajstić information content (AvgIpc) is 2.78. The third-order valence-electron chi connectivity index (χ3n) is 2.84. The lowest BCUT2D eigenvalue weighted by Gasteiger charge is -2.23. The van der Waals surface area contributed by atoms with Crippen molar-refractivity contribution in [3.63, 3.8) is 0 Å². The average molecular weight is 266 g/mol. The molecule has 1 fully saturated rings. The largest absolute Gasteiger partial charge is 0.368 e. The molecule has 0 aromatic carbocycles. The molecule has 2 aromatic rings. The second-order valence-electron chi connectivity index (χ2n) is 4.13. The molecule has 0 aliphatic carbocycles. The minimum atomic E-state index is 0.353. The van der Waals surface area contributed by atoms with Crippen LogP contribution in [0.15, 0.2) is 11.4 Å². The molecule has 1 saturated heterocycles. The maximum absolute atomic E-state index is 5.73. The van der Waals surface area contributed by atoms with E-state index in [0.29, 0.717) is 12.0 Å². The van der Waals surface area contributed by atoms with Gasteiger partial charge in [0, 0.05) is 11.8 Å². The van der Waals surface area contributed by atoms with Gasteiger partial charge >= 0.3 is 0 Å². The molecule has 0 spiro atoms. The van der Waals surface area contributed by atoms with Crippen LogP contribution in [0.3, 0.4) is 0 Å². The SMILES string of the molecule is Nc1nc(NC2CCCSC2)c2ccsc2n1. The molecule has 2 aromatic heterocycles. The summed E-state index contributed by atoms with van der Waals surface area (Å²) in [6.45, 7) is 0. The third-order valence-corrected chi connectivity index (χ3v) is 4.87. The van der Waals surface area contributed by atoms with Crippen LogP contribution < -0.4 is 11.1 Å². The second-order valence-corrected chi connectivity index (χ2v) is 6.17. The normalized spacial score (nSPS) is 20.6. The zero-order chi connectivity index (χ0) is 11.7. The van der Waals surface area contributed by atoms with E-state index in [-0.39, 0.29) is 0 Å². The summed E-state index contributed by atoms with van der Waals surface area (Å²) in [6, 6.07) is 2.56. The highest BCUT2D eigenvalue weighted by Crippen LogP contribution is 2.28. The summed E-state index contributed by atoms with van der Waals surface area (Å²) in [7, 11) is 0. The minimum Gasteiger partial charge on any atom is -0.368 e. The Labute approximate surface area is 108 Å². The first-order chi connectivity index (χ1) is 8.33. The molecule has 1 aliphatic heterocycles. The zero-order valence-corrected chi connectivity index (χ0v) is 11.0. The number of aromatic nitrogens is 2. The monoisotopic (exact) mass is 266 g/mol. The Morgan fingerprint density at radius 2 is 2.35 bits per heavy atom. The first kappa shape index (κ1) is 11.1. The van der Waals surface area contributed by atoms with Gasteiger partial charge in [-0.25, -0.2) is 4.98 Å². The number of nitrogens with one attached hydrogen (secondary N) is 1. The summed E-state index contributed by atoms with van der Waals surface area (Å²) in [5.41, 5.74) is 5.73. The number of fused-ring (bicyclic) bond motifs is 1. The molecule has 0 amide bonds. The highest BCUT2D eigenvalue weighted by atomic mass is 32.2. The number of nitrogen functional groups attached to an aromatic ring is 1. The van der Waals surface area contributed by atoms with Gasteiger partial charge in [-0.15, -0.1) is 11.3 Å². The number of thioether (sulfide) groups is 1. The van der Waals surface area contributed by atoms with Crippen molar-refractivity contribution in [3.8, 4) is 0 Å². The van der Waals surface area contributed by atoms with Crippen molar-refractivity contribution in [2.24, 2.45) is 0 Å². The van der Waals surface area contributed by atoms with Gasteiger partial charge in [-0.2, -0.15) is 16.7 Å². The number of anilines is 2. The van der Waals surface area contributed by atoms with Crippen LogP contribution in [0.5, 0.6) is 0 Å². The van der Waals surface area contributed by atoms with E-state index in [1.54, 1.807) is 11.3 Å². The van der Waals surface area contributed by atoms with Crippen LogP contribution in [0, 0.1) is 0 Å². The third kappa shape index (κ3) is 2.32. The fraction of sp³-hybridized carbons (Fsp3) is 0.455. The van der Waals surface area contributed by atoms with E-state index in [1.165, 1.54) is 18.6 Å². The van der Waals surface area contributed by atoms with Crippen molar-refractivity contribution in [1.29, 1.82) is 0 Å². The first-order valence-electron chi connectivity index (χ1n) is 5.68. The maximum atomic E-state index is 5.73. The van der Waals surface area contributed by atoms with Crippen LogP contribution in [0.1, 0.15) is 12.8 Å². The number of hydrogen-bond donors (Lipinski definition) is 2. The summed E-state index contributed by atoms with van der Waals surface area (Å²) in [5.74, 6) is 3.67. The molecular formula is C11H14N4S2. The van der Waals surface area contributed by atoms with Crippen LogP contribution in [0.4, 0.5) is 11.8 Å². The standard InChI is InChI=1S/C11H14N4S2/c12-11-14-9(8-3-5-17-10(8)15-11)13-7-2-1-4-16-6-7/h3,5,7H,1-2,4,6H2,(H3,12,13,14,15). The summed E-state index contributed by atoms with van der Waals surface area (Å²) in [5, 5.41) is 6.62. The molecule has 0 saturated carbocycles. The predicted octanol–water partition coefficient (Wildman–Crippen LogP) is 2.58. The van der Waals surface area contributed by atoms with E-state index in [0.717, 1.165) is 21.8 Å². The van der Waals surface area contributed by atoms with Crippen molar-refractivity contribution in [2.75, 3.05) is 22.6 Å². The topological polar surface area (TPSA) is 63.8 Å². The number of rotatable bonds is 2. The molecule has 1 unspecified atom stereocenters. The van der Waals surface area contributed by atoms with E-state index in [2.05, 4.69) is 21.4 Å². The Morgan fingerprint density at radius 1 is 1.41 bits per heavy atom. The zero-order valence-electron chi connectivity index (χ0n) is 9.35. The van der Waals surface area contributed by atoms with E-state index in [9.17, 15) is 0 Å². The number of thiophene rings is 1. The number of nitrogens with two attached hydrogens (primary N) is 1. The number of hydrogen-bond acceptors (Lipinski definition) is 6. The fourth-order valence-electron chi connectivity index (χ4n) is 2.03. The van der Waals surface area contributed by atoms with Gasteiger partial charge in [-0.3, -0.25) is 0 Å². The van der Waals surface area contributed by atoms with Gasteiger partial charge in [0.1, 0.15) is 10.6 Å².